The van der Waals surface area contributed by atoms with E-state index in [1.807, 2.05) is 6.20 Å². The predicted octanol–water partition coefficient (Wildman–Crippen LogP) is 3.28. The van der Waals surface area contributed by atoms with E-state index in [4.69, 9.17) is 0 Å². The first kappa shape index (κ1) is 12.2. The van der Waals surface area contributed by atoms with Crippen molar-refractivity contribution in [2.75, 3.05) is 6.54 Å². The number of pyridine rings is 1. The Hall–Kier alpha value is -0.890. The van der Waals surface area contributed by atoms with Crippen molar-refractivity contribution in [3.8, 4) is 0 Å². The lowest BCUT2D eigenvalue weighted by atomic mass is 9.78. The van der Waals surface area contributed by atoms with Gasteiger partial charge in [-0.25, -0.2) is 0 Å². The lowest BCUT2D eigenvalue weighted by molar-refractivity contribution is 0.243. The van der Waals surface area contributed by atoms with Gasteiger partial charge in [0.25, 0.3) is 0 Å². The van der Waals surface area contributed by atoms with E-state index in [0.29, 0.717) is 12.0 Å². The maximum Gasteiger partial charge on any atom is 0.0482 e. The van der Waals surface area contributed by atoms with Crippen LogP contribution < -0.4 is 5.32 Å². The van der Waals surface area contributed by atoms with Gasteiger partial charge >= 0.3 is 0 Å². The van der Waals surface area contributed by atoms with E-state index in [9.17, 15) is 0 Å². The zero-order valence-corrected chi connectivity index (χ0v) is 11.4. The number of aryl methyl sites for hydroxylation is 1. The third-order valence-electron chi connectivity index (χ3n) is 4.77. The molecule has 0 bridgehead atoms. The molecule has 0 aliphatic heterocycles. The summed E-state index contributed by atoms with van der Waals surface area (Å²) in [6, 6.07) is 4.99. The number of nitrogens with one attached hydrogen (secondary N) is 1. The highest BCUT2D eigenvalue weighted by molar-refractivity contribution is 5.30. The van der Waals surface area contributed by atoms with E-state index in [1.165, 1.54) is 49.8 Å². The van der Waals surface area contributed by atoms with Gasteiger partial charge in [-0.2, -0.15) is 0 Å². The minimum absolute atomic E-state index is 0.649. The molecule has 1 N–H and O–H groups in total. The fourth-order valence-electron chi connectivity index (χ4n) is 3.58. The minimum atomic E-state index is 0.649. The predicted molar refractivity (Wildman–Crippen MR) is 74.7 cm³/mol. The Kier molecular flexibility index (Phi) is 3.64. The van der Waals surface area contributed by atoms with E-state index >= 15 is 0 Å². The summed E-state index contributed by atoms with van der Waals surface area (Å²) in [5, 5.41) is 3.72. The van der Waals surface area contributed by atoms with Gasteiger partial charge in [0.1, 0.15) is 0 Å². The van der Waals surface area contributed by atoms with Crippen LogP contribution in [0.5, 0.6) is 0 Å². The van der Waals surface area contributed by atoms with Gasteiger partial charge in [-0.3, -0.25) is 4.98 Å². The molecule has 18 heavy (non-hydrogen) atoms. The van der Waals surface area contributed by atoms with E-state index in [0.717, 1.165) is 12.5 Å². The molecule has 1 aromatic heterocycles. The minimum Gasteiger partial charge on any atom is -0.314 e. The van der Waals surface area contributed by atoms with Gasteiger partial charge in [-0.05, 0) is 43.4 Å². The monoisotopic (exact) mass is 244 g/mol. The van der Waals surface area contributed by atoms with Crippen molar-refractivity contribution in [2.45, 2.75) is 57.4 Å². The summed E-state index contributed by atoms with van der Waals surface area (Å²) in [5.74, 6) is 1.63. The van der Waals surface area contributed by atoms with Crippen molar-refractivity contribution in [1.29, 1.82) is 0 Å². The van der Waals surface area contributed by atoms with Crippen LogP contribution in [0.15, 0.2) is 18.3 Å². The van der Waals surface area contributed by atoms with Gasteiger partial charge in [0, 0.05) is 23.9 Å². The molecule has 1 fully saturated rings. The van der Waals surface area contributed by atoms with Gasteiger partial charge in [0.2, 0.25) is 0 Å². The Morgan fingerprint density at radius 2 is 2.28 bits per heavy atom. The van der Waals surface area contributed by atoms with Crippen LogP contribution in [0.3, 0.4) is 0 Å². The van der Waals surface area contributed by atoms with Crippen LogP contribution in [-0.4, -0.2) is 17.6 Å². The van der Waals surface area contributed by atoms with Gasteiger partial charge in [-0.15, -0.1) is 0 Å². The van der Waals surface area contributed by atoms with E-state index in [1.54, 1.807) is 0 Å². The molecule has 98 valence electrons. The quantitative estimate of drug-likeness (QED) is 0.860. The molecule has 0 aromatic carbocycles. The fourth-order valence-corrected chi connectivity index (χ4v) is 3.58. The molecule has 0 amide bonds. The number of rotatable bonds is 5. The Balaban J connectivity index is 1.74. The van der Waals surface area contributed by atoms with Gasteiger partial charge in [0.15, 0.2) is 0 Å². The second-order valence-electron chi connectivity index (χ2n) is 5.89. The van der Waals surface area contributed by atoms with Crippen molar-refractivity contribution < 1.29 is 0 Å². The maximum absolute atomic E-state index is 4.65. The maximum atomic E-state index is 4.65. The van der Waals surface area contributed by atoms with Crippen LogP contribution in [0.25, 0.3) is 0 Å². The van der Waals surface area contributed by atoms with E-state index in [2.05, 4.69) is 29.4 Å². The molecule has 1 aromatic rings. The molecule has 1 heterocycles. The van der Waals surface area contributed by atoms with Gasteiger partial charge < -0.3 is 5.32 Å². The third-order valence-corrected chi connectivity index (χ3v) is 4.77. The number of nitrogens with zero attached hydrogens (tertiary/aromatic N) is 1. The first-order valence-corrected chi connectivity index (χ1v) is 7.55. The average molecular weight is 244 g/mol. The van der Waals surface area contributed by atoms with Crippen LogP contribution in [0.1, 0.15) is 56.2 Å². The largest absolute Gasteiger partial charge is 0.314 e. The average Bonchev–Trinajstić information content (AvgIpc) is 2.76. The van der Waals surface area contributed by atoms with Crippen molar-refractivity contribution in [1.82, 2.24) is 10.3 Å². The summed E-state index contributed by atoms with van der Waals surface area (Å²) in [6.07, 6.45) is 10.2. The molecule has 2 unspecified atom stereocenters. The first-order chi connectivity index (χ1) is 8.88. The summed E-state index contributed by atoms with van der Waals surface area (Å²) < 4.78 is 0. The molecule has 2 aliphatic carbocycles. The summed E-state index contributed by atoms with van der Waals surface area (Å²) in [5.41, 5.74) is 2.86. The van der Waals surface area contributed by atoms with Crippen LogP contribution >= 0.6 is 0 Å². The Labute approximate surface area is 110 Å². The normalized spacial score (nSPS) is 24.6. The Bertz CT molecular complexity index is 398. The zero-order valence-electron chi connectivity index (χ0n) is 11.4. The molecular weight excluding hydrogens is 220 g/mol. The second kappa shape index (κ2) is 5.40. The summed E-state index contributed by atoms with van der Waals surface area (Å²) in [7, 11) is 0. The summed E-state index contributed by atoms with van der Waals surface area (Å²) in [4.78, 5) is 4.65. The second-order valence-corrected chi connectivity index (χ2v) is 5.89. The van der Waals surface area contributed by atoms with E-state index in [-0.39, 0.29) is 0 Å². The van der Waals surface area contributed by atoms with Crippen LogP contribution in [0, 0.1) is 5.92 Å². The molecule has 1 saturated carbocycles. The first-order valence-electron chi connectivity index (χ1n) is 7.55. The number of hydrogen-bond donors (Lipinski definition) is 1. The number of likely N-dealkylation sites (N-methyl/N-ethyl adjacent to an activating group) is 1. The molecule has 3 rings (SSSR count). The molecule has 0 saturated heterocycles. The summed E-state index contributed by atoms with van der Waals surface area (Å²) >= 11 is 0. The SMILES string of the molecule is CCNC(CC1CCC1)C1CCc2cccnc21. The molecule has 0 spiro atoms. The molecule has 2 heteroatoms. The van der Waals surface area contributed by atoms with Gasteiger partial charge in [-0.1, -0.05) is 32.3 Å². The third kappa shape index (κ3) is 2.31. The smallest absolute Gasteiger partial charge is 0.0482 e. The Morgan fingerprint density at radius 1 is 1.39 bits per heavy atom. The number of aromatic nitrogens is 1. The molecule has 0 radical (unpaired) electrons. The van der Waals surface area contributed by atoms with Gasteiger partial charge in [0.05, 0.1) is 0 Å². The highest BCUT2D eigenvalue weighted by Gasteiger charge is 2.33. The molecular formula is C16H24N2. The molecule has 2 nitrogen and oxygen atoms in total. The standard InChI is InChI=1S/C16H24N2/c1-2-17-15(11-12-5-3-6-12)14-9-8-13-7-4-10-18-16(13)14/h4,7,10,12,14-15,17H,2-3,5-6,8-9,11H2,1H3. The van der Waals surface area contributed by atoms with E-state index < -0.39 is 0 Å². The Morgan fingerprint density at radius 3 is 3.00 bits per heavy atom. The molecule has 2 atom stereocenters. The van der Waals surface area contributed by atoms with Crippen LogP contribution in [0.4, 0.5) is 0 Å². The number of hydrogen-bond acceptors (Lipinski definition) is 2. The van der Waals surface area contributed by atoms with Crippen molar-refractivity contribution in [2.24, 2.45) is 5.92 Å². The highest BCUT2D eigenvalue weighted by Crippen LogP contribution is 2.39. The topological polar surface area (TPSA) is 24.9 Å². The van der Waals surface area contributed by atoms with Crippen molar-refractivity contribution in [3.63, 3.8) is 0 Å². The fraction of sp³-hybridized carbons (Fsp3) is 0.688. The van der Waals surface area contributed by atoms with Crippen molar-refractivity contribution in [3.05, 3.63) is 29.6 Å². The summed E-state index contributed by atoms with van der Waals surface area (Å²) in [6.45, 7) is 3.30. The lowest BCUT2D eigenvalue weighted by Gasteiger charge is -2.33. The number of fused-ring (bicyclic) bond motifs is 1. The molecule has 2 aliphatic rings. The lowest BCUT2D eigenvalue weighted by Crippen LogP contribution is -2.37. The van der Waals surface area contributed by atoms with Crippen LogP contribution in [0.2, 0.25) is 0 Å². The highest BCUT2D eigenvalue weighted by atomic mass is 14.9. The van der Waals surface area contributed by atoms with Crippen molar-refractivity contribution >= 4 is 0 Å². The zero-order chi connectivity index (χ0) is 12.4. The van der Waals surface area contributed by atoms with Crippen LogP contribution in [-0.2, 0) is 6.42 Å².